The molecular formula is C20H13BN2O3. The number of hydrogen-bond donors (Lipinski definition) is 2. The fourth-order valence-electron chi connectivity index (χ4n) is 3.26. The SMILES string of the molecule is OB(O)c1nc2oc3ccccc3c2nc1-c1ccc2ccccc2c1. The Balaban J connectivity index is 1.83. The molecule has 0 aliphatic carbocycles. The van der Waals surface area contributed by atoms with Gasteiger partial charge in [-0.15, -0.1) is 0 Å². The van der Waals surface area contributed by atoms with E-state index in [1.807, 2.05) is 66.7 Å². The van der Waals surface area contributed by atoms with Crippen LogP contribution in [0, 0.1) is 0 Å². The van der Waals surface area contributed by atoms with Crippen LogP contribution in [0.25, 0.3) is 44.2 Å². The molecule has 0 fully saturated rings. The molecule has 0 atom stereocenters. The minimum atomic E-state index is -1.75. The van der Waals surface area contributed by atoms with Crippen LogP contribution in [0.5, 0.6) is 0 Å². The Morgan fingerprint density at radius 1 is 0.808 bits per heavy atom. The van der Waals surface area contributed by atoms with Crippen LogP contribution in [0.4, 0.5) is 0 Å². The highest BCUT2D eigenvalue weighted by Crippen LogP contribution is 2.28. The number of fused-ring (bicyclic) bond motifs is 4. The van der Waals surface area contributed by atoms with Gasteiger partial charge in [-0.1, -0.05) is 48.5 Å². The fraction of sp³-hybridized carbons (Fsp3) is 0. The second-order valence-corrected chi connectivity index (χ2v) is 6.15. The van der Waals surface area contributed by atoms with Crippen molar-refractivity contribution in [3.05, 3.63) is 66.7 Å². The molecule has 0 bridgehead atoms. The topological polar surface area (TPSA) is 79.4 Å². The first-order valence-electron chi connectivity index (χ1n) is 8.25. The normalized spacial score (nSPS) is 11.5. The summed E-state index contributed by atoms with van der Waals surface area (Å²) in [4.78, 5) is 9.02. The van der Waals surface area contributed by atoms with Crippen molar-refractivity contribution in [3.8, 4) is 11.3 Å². The molecule has 0 unspecified atom stereocenters. The minimum absolute atomic E-state index is 0.0758. The predicted molar refractivity (Wildman–Crippen MR) is 102 cm³/mol. The van der Waals surface area contributed by atoms with Crippen molar-refractivity contribution in [1.29, 1.82) is 0 Å². The zero-order valence-corrected chi connectivity index (χ0v) is 13.6. The zero-order valence-electron chi connectivity index (χ0n) is 13.6. The van der Waals surface area contributed by atoms with Gasteiger partial charge in [-0.05, 0) is 29.0 Å². The number of furan rings is 1. The summed E-state index contributed by atoms with van der Waals surface area (Å²) in [5.41, 5.74) is 2.84. The molecule has 2 aromatic heterocycles. The maximum atomic E-state index is 9.82. The summed E-state index contributed by atoms with van der Waals surface area (Å²) in [5.74, 6) is 0. The van der Waals surface area contributed by atoms with E-state index in [9.17, 15) is 10.0 Å². The second-order valence-electron chi connectivity index (χ2n) is 6.15. The molecule has 6 heteroatoms. The van der Waals surface area contributed by atoms with Crippen molar-refractivity contribution < 1.29 is 14.5 Å². The lowest BCUT2D eigenvalue weighted by atomic mass is 9.82. The van der Waals surface area contributed by atoms with E-state index in [4.69, 9.17) is 4.42 Å². The van der Waals surface area contributed by atoms with Crippen LogP contribution in [0.1, 0.15) is 0 Å². The first kappa shape index (κ1) is 15.1. The maximum Gasteiger partial charge on any atom is 0.510 e. The second kappa shape index (κ2) is 5.66. The third-order valence-corrected chi connectivity index (χ3v) is 4.51. The third kappa shape index (κ3) is 2.28. The lowest BCUT2D eigenvalue weighted by Crippen LogP contribution is -2.35. The highest BCUT2D eigenvalue weighted by Gasteiger charge is 2.24. The Labute approximate surface area is 148 Å². The van der Waals surface area contributed by atoms with Crippen LogP contribution in [-0.2, 0) is 0 Å². The molecule has 26 heavy (non-hydrogen) atoms. The van der Waals surface area contributed by atoms with E-state index in [1.165, 1.54) is 0 Å². The summed E-state index contributed by atoms with van der Waals surface area (Å²) in [6.07, 6.45) is 0. The van der Waals surface area contributed by atoms with E-state index in [0.717, 1.165) is 21.7 Å². The van der Waals surface area contributed by atoms with E-state index < -0.39 is 7.12 Å². The Hall–Kier alpha value is -3.22. The van der Waals surface area contributed by atoms with Crippen LogP contribution >= 0.6 is 0 Å². The minimum Gasteiger partial charge on any atom is -0.436 e. The Morgan fingerprint density at radius 3 is 2.42 bits per heavy atom. The summed E-state index contributed by atoms with van der Waals surface area (Å²) >= 11 is 0. The van der Waals surface area contributed by atoms with Gasteiger partial charge in [0.05, 0.1) is 5.69 Å². The molecule has 0 spiro atoms. The maximum absolute atomic E-state index is 9.82. The van der Waals surface area contributed by atoms with Gasteiger partial charge in [0.2, 0.25) is 5.71 Å². The van der Waals surface area contributed by atoms with Crippen molar-refractivity contribution in [2.75, 3.05) is 0 Å². The van der Waals surface area contributed by atoms with Crippen molar-refractivity contribution in [2.24, 2.45) is 0 Å². The molecular weight excluding hydrogens is 327 g/mol. The number of rotatable bonds is 2. The molecule has 0 aliphatic heterocycles. The van der Waals surface area contributed by atoms with E-state index >= 15 is 0 Å². The number of para-hydroxylation sites is 1. The Kier molecular flexibility index (Phi) is 3.28. The van der Waals surface area contributed by atoms with Crippen molar-refractivity contribution >= 4 is 45.7 Å². The summed E-state index contributed by atoms with van der Waals surface area (Å²) in [5, 5.41) is 22.6. The number of hydrogen-bond acceptors (Lipinski definition) is 5. The molecule has 3 aromatic carbocycles. The molecule has 0 saturated carbocycles. The van der Waals surface area contributed by atoms with E-state index in [2.05, 4.69) is 9.97 Å². The van der Waals surface area contributed by atoms with Gasteiger partial charge in [-0.3, -0.25) is 0 Å². The number of aromatic nitrogens is 2. The van der Waals surface area contributed by atoms with Crippen LogP contribution in [-0.4, -0.2) is 27.1 Å². The smallest absolute Gasteiger partial charge is 0.436 e. The summed E-state index contributed by atoms with van der Waals surface area (Å²) in [6, 6.07) is 21.4. The van der Waals surface area contributed by atoms with Gasteiger partial charge < -0.3 is 14.5 Å². The standard InChI is InChI=1S/C20H13BN2O3/c24-21(25)19-17(14-10-9-12-5-1-2-6-13(12)11-14)22-18-15-7-3-4-8-16(15)26-20(18)23-19/h1-11,24-25H. The van der Waals surface area contributed by atoms with Crippen LogP contribution in [0.3, 0.4) is 0 Å². The third-order valence-electron chi connectivity index (χ3n) is 4.51. The highest BCUT2D eigenvalue weighted by molar-refractivity contribution is 6.59. The summed E-state index contributed by atoms with van der Waals surface area (Å²) in [6.45, 7) is 0. The molecule has 2 N–H and O–H groups in total. The molecule has 0 aliphatic rings. The van der Waals surface area contributed by atoms with E-state index in [-0.39, 0.29) is 5.59 Å². The Morgan fingerprint density at radius 2 is 1.58 bits per heavy atom. The number of benzene rings is 3. The van der Waals surface area contributed by atoms with Gasteiger partial charge in [-0.2, -0.15) is 0 Å². The van der Waals surface area contributed by atoms with Crippen molar-refractivity contribution in [3.63, 3.8) is 0 Å². The van der Waals surface area contributed by atoms with Crippen molar-refractivity contribution in [2.45, 2.75) is 0 Å². The summed E-state index contributed by atoms with van der Waals surface area (Å²) < 4.78 is 5.71. The van der Waals surface area contributed by atoms with Gasteiger partial charge in [-0.25, -0.2) is 9.97 Å². The van der Waals surface area contributed by atoms with Gasteiger partial charge in [0.25, 0.3) is 0 Å². The van der Waals surface area contributed by atoms with E-state index in [0.29, 0.717) is 22.5 Å². The highest BCUT2D eigenvalue weighted by atomic mass is 16.4. The lowest BCUT2D eigenvalue weighted by Gasteiger charge is -2.08. The monoisotopic (exact) mass is 340 g/mol. The fourth-order valence-corrected chi connectivity index (χ4v) is 3.26. The van der Waals surface area contributed by atoms with Gasteiger partial charge in [0, 0.05) is 10.9 Å². The predicted octanol–water partition coefficient (Wildman–Crippen LogP) is 2.88. The number of nitrogens with zero attached hydrogens (tertiary/aromatic N) is 2. The van der Waals surface area contributed by atoms with Crippen LogP contribution < -0.4 is 5.59 Å². The average molecular weight is 340 g/mol. The van der Waals surface area contributed by atoms with Gasteiger partial charge in [0.15, 0.2) is 0 Å². The van der Waals surface area contributed by atoms with Crippen LogP contribution in [0.15, 0.2) is 71.1 Å². The molecule has 0 amide bonds. The van der Waals surface area contributed by atoms with Crippen LogP contribution in [0.2, 0.25) is 0 Å². The van der Waals surface area contributed by atoms with Crippen molar-refractivity contribution in [1.82, 2.24) is 9.97 Å². The summed E-state index contributed by atoms with van der Waals surface area (Å²) in [7, 11) is -1.75. The Bertz CT molecular complexity index is 1280. The van der Waals surface area contributed by atoms with Gasteiger partial charge >= 0.3 is 7.12 Å². The molecule has 124 valence electrons. The quantitative estimate of drug-likeness (QED) is 0.483. The first-order valence-corrected chi connectivity index (χ1v) is 8.25. The molecule has 5 nitrogen and oxygen atoms in total. The molecule has 2 heterocycles. The zero-order chi connectivity index (χ0) is 17.7. The first-order chi connectivity index (χ1) is 12.7. The molecule has 5 rings (SSSR count). The molecule has 0 radical (unpaired) electrons. The lowest BCUT2D eigenvalue weighted by molar-refractivity contribution is 0.424. The average Bonchev–Trinajstić information content (AvgIpc) is 3.04. The van der Waals surface area contributed by atoms with E-state index in [1.54, 1.807) is 0 Å². The largest absolute Gasteiger partial charge is 0.510 e. The van der Waals surface area contributed by atoms with Gasteiger partial charge in [0.1, 0.15) is 16.7 Å². The molecule has 5 aromatic rings. The molecule has 0 saturated heterocycles.